The molecule has 50 heavy (non-hydrogen) atoms. The van der Waals surface area contributed by atoms with Crippen molar-refractivity contribution in [3.05, 3.63) is 176 Å². The summed E-state index contributed by atoms with van der Waals surface area (Å²) in [5.41, 5.74) is 11.2. The molecule has 0 aliphatic carbocycles. The average Bonchev–Trinajstić information content (AvgIpc) is 3.51. The molecule has 0 fully saturated rings. The van der Waals surface area contributed by atoms with Crippen molar-refractivity contribution in [2.75, 3.05) is 0 Å². The maximum atomic E-state index is 2.47. The SMILES string of the molecule is c1ccc(-c2ccc3c(c2)-c2cccc4cccc(c24)S3)c(-c2ccc(-n3c4cc5ccccc5cc4c4ccc5ccccc5c43)cc2)c1. The van der Waals surface area contributed by atoms with Crippen LogP contribution in [0.25, 0.3) is 93.2 Å². The Morgan fingerprint density at radius 2 is 1.02 bits per heavy atom. The van der Waals surface area contributed by atoms with Gasteiger partial charge in [-0.1, -0.05) is 145 Å². The molecular weight excluding hydrogens is 623 g/mol. The minimum Gasteiger partial charge on any atom is -0.309 e. The van der Waals surface area contributed by atoms with Crippen molar-refractivity contribution >= 4 is 65.9 Å². The molecule has 0 spiro atoms. The second-order valence-corrected chi connectivity index (χ2v) is 14.4. The Bertz CT molecular complexity index is 3000. The summed E-state index contributed by atoms with van der Waals surface area (Å²) >= 11 is 1.88. The lowest BCUT2D eigenvalue weighted by atomic mass is 9.91. The van der Waals surface area contributed by atoms with Crippen LogP contribution in [0.4, 0.5) is 0 Å². The van der Waals surface area contributed by atoms with Gasteiger partial charge in [0.2, 0.25) is 0 Å². The van der Waals surface area contributed by atoms with Gasteiger partial charge in [-0.2, -0.15) is 0 Å². The number of hydrogen-bond acceptors (Lipinski definition) is 1. The fraction of sp³-hybridized carbons (Fsp3) is 0. The predicted molar refractivity (Wildman–Crippen MR) is 214 cm³/mol. The van der Waals surface area contributed by atoms with Crippen LogP contribution in [-0.4, -0.2) is 4.57 Å². The first-order valence-corrected chi connectivity index (χ1v) is 18.0. The average molecular weight is 652 g/mol. The third kappa shape index (κ3) is 4.09. The first-order chi connectivity index (χ1) is 24.8. The van der Waals surface area contributed by atoms with Crippen molar-refractivity contribution < 1.29 is 0 Å². The minimum atomic E-state index is 1.16. The lowest BCUT2D eigenvalue weighted by molar-refractivity contribution is 1.19. The van der Waals surface area contributed by atoms with Gasteiger partial charge in [0.25, 0.3) is 0 Å². The van der Waals surface area contributed by atoms with Gasteiger partial charge in [-0.15, -0.1) is 0 Å². The van der Waals surface area contributed by atoms with Crippen LogP contribution in [0.15, 0.2) is 186 Å². The van der Waals surface area contributed by atoms with Gasteiger partial charge >= 0.3 is 0 Å². The van der Waals surface area contributed by atoms with Gasteiger partial charge in [0.05, 0.1) is 11.0 Å². The lowest BCUT2D eigenvalue weighted by Gasteiger charge is -2.21. The third-order valence-electron chi connectivity index (χ3n) is 10.5. The quantitative estimate of drug-likeness (QED) is 0.184. The summed E-state index contributed by atoms with van der Waals surface area (Å²) in [6.45, 7) is 0. The fourth-order valence-corrected chi connectivity index (χ4v) is 9.37. The molecule has 232 valence electrons. The van der Waals surface area contributed by atoms with Crippen molar-refractivity contribution in [1.82, 2.24) is 4.57 Å². The van der Waals surface area contributed by atoms with Gasteiger partial charge in [0, 0.05) is 37.0 Å². The Kier molecular flexibility index (Phi) is 5.96. The van der Waals surface area contributed by atoms with E-state index in [0.717, 1.165) is 5.69 Å². The first-order valence-electron chi connectivity index (χ1n) is 17.2. The molecule has 1 aromatic heterocycles. The van der Waals surface area contributed by atoms with Crippen LogP contribution in [0.2, 0.25) is 0 Å². The molecule has 0 saturated heterocycles. The van der Waals surface area contributed by atoms with Crippen LogP contribution in [-0.2, 0) is 0 Å². The number of nitrogens with zero attached hydrogens (tertiary/aromatic N) is 1. The lowest BCUT2D eigenvalue weighted by Crippen LogP contribution is -1.95. The third-order valence-corrected chi connectivity index (χ3v) is 11.7. The van der Waals surface area contributed by atoms with Crippen LogP contribution in [0.5, 0.6) is 0 Å². The highest BCUT2D eigenvalue weighted by Gasteiger charge is 2.21. The fourth-order valence-electron chi connectivity index (χ4n) is 8.24. The summed E-state index contributed by atoms with van der Waals surface area (Å²) in [7, 11) is 0. The molecule has 2 heterocycles. The summed E-state index contributed by atoms with van der Waals surface area (Å²) < 4.78 is 2.47. The van der Waals surface area contributed by atoms with E-state index >= 15 is 0 Å². The summed E-state index contributed by atoms with van der Waals surface area (Å²) in [5.74, 6) is 0. The summed E-state index contributed by atoms with van der Waals surface area (Å²) in [5, 5.41) is 10.3. The standard InChI is InChI=1S/C48H29NS/c1-2-11-34-29-44-42(27-33(34)10-1)41-25-21-30-9-3-4-16-39(30)48(41)49(44)36-23-19-31(20-24-36)37-14-5-6-15-38(37)35-22-26-45-43(28-35)40-17-7-12-32-13-8-18-46(50-45)47(32)40/h1-29H. The zero-order valence-electron chi connectivity index (χ0n) is 27.1. The Morgan fingerprint density at radius 3 is 1.86 bits per heavy atom. The van der Waals surface area contributed by atoms with Crippen molar-refractivity contribution in [1.29, 1.82) is 0 Å². The second-order valence-electron chi connectivity index (χ2n) is 13.3. The van der Waals surface area contributed by atoms with Crippen LogP contribution in [0.1, 0.15) is 0 Å². The van der Waals surface area contributed by atoms with E-state index in [2.05, 4.69) is 180 Å². The van der Waals surface area contributed by atoms with Gasteiger partial charge in [-0.05, 0) is 97.4 Å². The van der Waals surface area contributed by atoms with E-state index in [0.29, 0.717) is 0 Å². The van der Waals surface area contributed by atoms with E-state index in [-0.39, 0.29) is 0 Å². The van der Waals surface area contributed by atoms with E-state index in [1.165, 1.54) is 97.3 Å². The van der Waals surface area contributed by atoms with Crippen molar-refractivity contribution in [2.45, 2.75) is 9.79 Å². The molecule has 9 aromatic carbocycles. The molecule has 0 bridgehead atoms. The number of aromatic nitrogens is 1. The molecule has 1 aliphatic heterocycles. The van der Waals surface area contributed by atoms with Crippen LogP contribution >= 0.6 is 11.8 Å². The number of hydrogen-bond donors (Lipinski definition) is 0. The van der Waals surface area contributed by atoms with E-state index in [1.54, 1.807) is 0 Å². The molecule has 1 aliphatic rings. The summed E-state index contributed by atoms with van der Waals surface area (Å²) in [6, 6.07) is 65.0. The van der Waals surface area contributed by atoms with Gasteiger partial charge in [0.1, 0.15) is 0 Å². The molecule has 0 N–H and O–H groups in total. The monoisotopic (exact) mass is 651 g/mol. The molecule has 0 atom stereocenters. The first kappa shape index (κ1) is 27.8. The molecule has 11 rings (SSSR count). The van der Waals surface area contributed by atoms with E-state index in [9.17, 15) is 0 Å². The Morgan fingerprint density at radius 1 is 0.360 bits per heavy atom. The van der Waals surface area contributed by atoms with Gasteiger partial charge < -0.3 is 4.57 Å². The number of fused-ring (bicyclic) bond motifs is 8. The topological polar surface area (TPSA) is 4.93 Å². The Balaban J connectivity index is 1.07. The van der Waals surface area contributed by atoms with Gasteiger partial charge in [-0.3, -0.25) is 0 Å². The highest BCUT2D eigenvalue weighted by atomic mass is 32.2. The molecule has 0 saturated carbocycles. The van der Waals surface area contributed by atoms with Gasteiger partial charge in [-0.25, -0.2) is 0 Å². The highest BCUT2D eigenvalue weighted by molar-refractivity contribution is 7.99. The van der Waals surface area contributed by atoms with Crippen molar-refractivity contribution in [2.24, 2.45) is 0 Å². The summed E-state index contributed by atoms with van der Waals surface area (Å²) in [4.78, 5) is 2.65. The normalized spacial score (nSPS) is 12.3. The number of benzene rings is 9. The zero-order chi connectivity index (χ0) is 32.8. The molecule has 0 unspecified atom stereocenters. The molecule has 0 amide bonds. The molecular formula is C48H29NS. The molecule has 0 radical (unpaired) electrons. The maximum absolute atomic E-state index is 2.47. The van der Waals surface area contributed by atoms with Gasteiger partial charge in [0.15, 0.2) is 0 Å². The van der Waals surface area contributed by atoms with Crippen molar-refractivity contribution in [3.63, 3.8) is 0 Å². The largest absolute Gasteiger partial charge is 0.309 e. The Hall–Kier alpha value is -6.09. The van der Waals surface area contributed by atoms with E-state index in [1.807, 2.05) is 11.8 Å². The second kappa shape index (κ2) is 10.7. The smallest absolute Gasteiger partial charge is 0.0619 e. The van der Waals surface area contributed by atoms with Crippen LogP contribution in [0.3, 0.4) is 0 Å². The molecule has 1 nitrogen and oxygen atoms in total. The van der Waals surface area contributed by atoms with Crippen LogP contribution < -0.4 is 0 Å². The predicted octanol–water partition coefficient (Wildman–Crippen LogP) is 13.7. The van der Waals surface area contributed by atoms with E-state index < -0.39 is 0 Å². The Labute approximate surface area is 294 Å². The summed E-state index contributed by atoms with van der Waals surface area (Å²) in [6.07, 6.45) is 0. The highest BCUT2D eigenvalue weighted by Crippen LogP contribution is 2.49. The van der Waals surface area contributed by atoms with E-state index in [4.69, 9.17) is 0 Å². The minimum absolute atomic E-state index is 1.16. The van der Waals surface area contributed by atoms with Crippen LogP contribution in [0, 0.1) is 0 Å². The molecule has 2 heteroatoms. The zero-order valence-corrected chi connectivity index (χ0v) is 27.9. The van der Waals surface area contributed by atoms with Crippen molar-refractivity contribution in [3.8, 4) is 39.1 Å². The molecule has 10 aromatic rings. The number of rotatable bonds is 3. The maximum Gasteiger partial charge on any atom is 0.0619 e.